The van der Waals surface area contributed by atoms with Gasteiger partial charge in [-0.2, -0.15) is 0 Å². The maximum Gasteiger partial charge on any atom is 0.266 e. The molecule has 0 aliphatic carbocycles. The molecule has 0 atom stereocenters. The molecule has 8 heteroatoms. The third-order valence-corrected chi connectivity index (χ3v) is 5.78. The minimum Gasteiger partial charge on any atom is -0.302 e. The van der Waals surface area contributed by atoms with Crippen molar-refractivity contribution in [1.29, 1.82) is 0 Å². The van der Waals surface area contributed by atoms with Gasteiger partial charge in [0.1, 0.15) is 4.32 Å². The van der Waals surface area contributed by atoms with Crippen molar-refractivity contribution in [3.05, 3.63) is 51.9 Å². The summed E-state index contributed by atoms with van der Waals surface area (Å²) in [6.45, 7) is 2.45. The first kappa shape index (κ1) is 18.8. The van der Waals surface area contributed by atoms with Crippen LogP contribution in [0.5, 0.6) is 0 Å². The summed E-state index contributed by atoms with van der Waals surface area (Å²) in [4.78, 5) is 30.6. The van der Waals surface area contributed by atoms with Crippen molar-refractivity contribution in [2.75, 3.05) is 11.9 Å². The average Bonchev–Trinajstić information content (AvgIpc) is 3.20. The highest BCUT2D eigenvalue weighted by atomic mass is 32.2. The zero-order chi connectivity index (χ0) is 18.5. The molecule has 1 fully saturated rings. The van der Waals surface area contributed by atoms with Crippen LogP contribution in [0.2, 0.25) is 0 Å². The van der Waals surface area contributed by atoms with Gasteiger partial charge in [0.15, 0.2) is 5.13 Å². The molecule has 0 unspecified atom stereocenters. The lowest BCUT2D eigenvalue weighted by atomic mass is 10.1. The van der Waals surface area contributed by atoms with Crippen LogP contribution in [-0.2, 0) is 9.59 Å². The first-order valence-corrected chi connectivity index (χ1v) is 10.1. The van der Waals surface area contributed by atoms with Gasteiger partial charge in [-0.15, -0.1) is 11.3 Å². The Balaban J connectivity index is 1.54. The van der Waals surface area contributed by atoms with Gasteiger partial charge in [0.2, 0.25) is 5.91 Å². The highest BCUT2D eigenvalue weighted by Gasteiger charge is 2.31. The second-order valence-corrected chi connectivity index (χ2v) is 8.30. The van der Waals surface area contributed by atoms with Crippen molar-refractivity contribution in [3.8, 4) is 0 Å². The van der Waals surface area contributed by atoms with Gasteiger partial charge in [-0.3, -0.25) is 14.5 Å². The quantitative estimate of drug-likeness (QED) is 0.582. The fourth-order valence-electron chi connectivity index (χ4n) is 2.37. The van der Waals surface area contributed by atoms with Crippen molar-refractivity contribution in [2.24, 2.45) is 0 Å². The van der Waals surface area contributed by atoms with Gasteiger partial charge in [0, 0.05) is 24.5 Å². The molecular weight excluding hydrogens is 386 g/mol. The summed E-state index contributed by atoms with van der Waals surface area (Å²) in [5, 5.41) is 5.12. The molecule has 3 rings (SSSR count). The molecule has 0 saturated carbocycles. The number of rotatable bonds is 6. The standard InChI is InChI=1S/C18H17N3O2S3/c1-12-4-6-13(7-5-12)11-14-16(23)21(18(24)26-14)9-2-3-15(22)20-17-19-8-10-25-17/h4-8,10-11H,2-3,9H2,1H3,(H,19,20,22)/b14-11+. The smallest absolute Gasteiger partial charge is 0.266 e. The molecule has 2 amide bonds. The molecule has 1 N–H and O–H groups in total. The van der Waals surface area contributed by atoms with E-state index in [0.29, 0.717) is 33.7 Å². The Hall–Kier alpha value is -2.03. The lowest BCUT2D eigenvalue weighted by molar-refractivity contribution is -0.122. The Morgan fingerprint density at radius 2 is 2.12 bits per heavy atom. The Bertz CT molecular complexity index is 845. The van der Waals surface area contributed by atoms with E-state index in [9.17, 15) is 9.59 Å². The fourth-order valence-corrected chi connectivity index (χ4v) is 4.23. The van der Waals surface area contributed by atoms with Gasteiger partial charge in [0.25, 0.3) is 5.91 Å². The van der Waals surface area contributed by atoms with Crippen LogP contribution in [0.1, 0.15) is 24.0 Å². The number of benzene rings is 1. The second-order valence-electron chi connectivity index (χ2n) is 5.73. The van der Waals surface area contributed by atoms with Crippen LogP contribution in [0.3, 0.4) is 0 Å². The Morgan fingerprint density at radius 1 is 1.35 bits per heavy atom. The van der Waals surface area contributed by atoms with E-state index in [2.05, 4.69) is 10.3 Å². The molecule has 134 valence electrons. The normalized spacial score (nSPS) is 15.7. The minimum absolute atomic E-state index is 0.0964. The van der Waals surface area contributed by atoms with E-state index in [0.717, 1.165) is 5.56 Å². The Kier molecular flexibility index (Phi) is 6.18. The van der Waals surface area contributed by atoms with Gasteiger partial charge < -0.3 is 5.32 Å². The SMILES string of the molecule is Cc1ccc(/C=C2/SC(=S)N(CCCC(=O)Nc3nccs3)C2=O)cc1. The Labute approximate surface area is 165 Å². The van der Waals surface area contributed by atoms with Crippen molar-refractivity contribution >= 4 is 62.7 Å². The molecule has 2 aromatic rings. The van der Waals surface area contributed by atoms with Gasteiger partial charge in [-0.1, -0.05) is 53.8 Å². The maximum absolute atomic E-state index is 12.6. The summed E-state index contributed by atoms with van der Waals surface area (Å²) < 4.78 is 0.536. The second kappa shape index (κ2) is 8.57. The molecule has 1 aromatic carbocycles. The third kappa shape index (κ3) is 4.78. The van der Waals surface area contributed by atoms with Gasteiger partial charge in [-0.05, 0) is 25.0 Å². The highest BCUT2D eigenvalue weighted by molar-refractivity contribution is 8.26. The van der Waals surface area contributed by atoms with Crippen LogP contribution >= 0.6 is 35.3 Å². The van der Waals surface area contributed by atoms with Crippen LogP contribution in [0.25, 0.3) is 6.08 Å². The predicted octanol–water partition coefficient (Wildman–Crippen LogP) is 4.07. The van der Waals surface area contributed by atoms with Crippen LogP contribution < -0.4 is 5.32 Å². The lowest BCUT2D eigenvalue weighted by Crippen LogP contribution is -2.29. The van der Waals surface area contributed by atoms with Crippen molar-refractivity contribution in [1.82, 2.24) is 9.88 Å². The molecule has 0 spiro atoms. The van der Waals surface area contributed by atoms with E-state index < -0.39 is 0 Å². The number of aromatic nitrogens is 1. The summed E-state index contributed by atoms with van der Waals surface area (Å²) in [7, 11) is 0. The molecule has 1 aliphatic heterocycles. The van der Waals surface area contributed by atoms with Crippen LogP contribution in [0.4, 0.5) is 5.13 Å². The molecule has 1 saturated heterocycles. The summed E-state index contributed by atoms with van der Waals surface area (Å²) in [6.07, 6.45) is 4.35. The number of carbonyl (C=O) groups excluding carboxylic acids is 2. The van der Waals surface area contributed by atoms with E-state index in [1.165, 1.54) is 28.7 Å². The number of anilines is 1. The minimum atomic E-state index is -0.111. The summed E-state index contributed by atoms with van der Waals surface area (Å²) >= 11 is 8.00. The summed E-state index contributed by atoms with van der Waals surface area (Å²) in [5.41, 5.74) is 2.14. The lowest BCUT2D eigenvalue weighted by Gasteiger charge is -2.13. The number of carbonyl (C=O) groups is 2. The van der Waals surface area contributed by atoms with Crippen molar-refractivity contribution in [3.63, 3.8) is 0 Å². The average molecular weight is 404 g/mol. The largest absolute Gasteiger partial charge is 0.302 e. The van der Waals surface area contributed by atoms with Gasteiger partial charge >= 0.3 is 0 Å². The molecular formula is C18H17N3O2S3. The Morgan fingerprint density at radius 3 is 2.81 bits per heavy atom. The molecule has 1 aliphatic rings. The summed E-state index contributed by atoms with van der Waals surface area (Å²) in [5.74, 6) is -0.207. The van der Waals surface area contributed by atoms with Crippen LogP contribution in [0.15, 0.2) is 40.7 Å². The number of hydrogen-bond donors (Lipinski definition) is 1. The number of thioether (sulfide) groups is 1. The first-order chi connectivity index (χ1) is 12.5. The first-order valence-electron chi connectivity index (χ1n) is 8.04. The van der Waals surface area contributed by atoms with E-state index in [4.69, 9.17) is 12.2 Å². The van der Waals surface area contributed by atoms with E-state index in [1.54, 1.807) is 16.5 Å². The number of aryl methyl sites for hydroxylation is 1. The zero-order valence-corrected chi connectivity index (χ0v) is 16.5. The molecule has 0 radical (unpaired) electrons. The predicted molar refractivity (Wildman–Crippen MR) is 111 cm³/mol. The molecule has 2 heterocycles. The molecule has 5 nitrogen and oxygen atoms in total. The monoisotopic (exact) mass is 403 g/mol. The number of nitrogens with one attached hydrogen (secondary N) is 1. The van der Waals surface area contributed by atoms with Gasteiger partial charge in [0.05, 0.1) is 4.91 Å². The van der Waals surface area contributed by atoms with E-state index in [-0.39, 0.29) is 11.8 Å². The summed E-state index contributed by atoms with van der Waals surface area (Å²) in [6, 6.07) is 7.97. The molecule has 0 bridgehead atoms. The van der Waals surface area contributed by atoms with Gasteiger partial charge in [-0.25, -0.2) is 4.98 Å². The number of thiazole rings is 1. The number of thiocarbonyl (C=S) groups is 1. The van der Waals surface area contributed by atoms with Crippen LogP contribution in [-0.4, -0.2) is 32.6 Å². The molecule has 1 aromatic heterocycles. The van der Waals surface area contributed by atoms with Crippen LogP contribution in [0, 0.1) is 6.92 Å². The number of amides is 2. The zero-order valence-electron chi connectivity index (χ0n) is 14.1. The maximum atomic E-state index is 12.6. The van der Waals surface area contributed by atoms with E-state index in [1.807, 2.05) is 37.3 Å². The fraction of sp³-hybridized carbons (Fsp3) is 0.222. The highest BCUT2D eigenvalue weighted by Crippen LogP contribution is 2.32. The van der Waals surface area contributed by atoms with Crippen molar-refractivity contribution in [2.45, 2.75) is 19.8 Å². The topological polar surface area (TPSA) is 62.3 Å². The van der Waals surface area contributed by atoms with Crippen molar-refractivity contribution < 1.29 is 9.59 Å². The third-order valence-electron chi connectivity index (χ3n) is 3.71. The molecule has 26 heavy (non-hydrogen) atoms. The number of nitrogens with zero attached hydrogens (tertiary/aromatic N) is 2. The van der Waals surface area contributed by atoms with E-state index >= 15 is 0 Å². The number of hydrogen-bond acceptors (Lipinski definition) is 6.